The first kappa shape index (κ1) is 19.9. The fourth-order valence-corrected chi connectivity index (χ4v) is 3.03. The fraction of sp³-hybridized carbons (Fsp3) is 1.00. The van der Waals surface area contributed by atoms with Crippen molar-refractivity contribution in [1.29, 1.82) is 0 Å². The van der Waals surface area contributed by atoms with Crippen LogP contribution in [0.3, 0.4) is 0 Å². The molecule has 0 spiro atoms. The van der Waals surface area contributed by atoms with Gasteiger partial charge in [-0.1, -0.05) is 0 Å². The molecule has 24 heavy (non-hydrogen) atoms. The van der Waals surface area contributed by atoms with Crippen LogP contribution < -0.4 is 0 Å². The van der Waals surface area contributed by atoms with Gasteiger partial charge in [0.05, 0.1) is 19.3 Å². The van der Waals surface area contributed by atoms with Crippen molar-refractivity contribution < 1.29 is 49.6 Å². The summed E-state index contributed by atoms with van der Waals surface area (Å²) in [5.74, 6) is 0. The Balaban J connectivity index is 2.14. The molecule has 0 saturated carbocycles. The Kier molecular flexibility index (Phi) is 6.90. The molecule has 2 aliphatic rings. The molecule has 4 unspecified atom stereocenters. The number of aliphatic hydroxyl groups excluding tert-OH is 6. The molecular weight excluding hydrogens is 328 g/mol. The second-order valence-corrected chi connectivity index (χ2v) is 6.05. The van der Waals surface area contributed by atoms with Gasteiger partial charge in [-0.25, -0.2) is 0 Å². The van der Waals surface area contributed by atoms with Crippen molar-refractivity contribution in [3.63, 3.8) is 0 Å². The van der Waals surface area contributed by atoms with Crippen LogP contribution >= 0.6 is 0 Å². The highest BCUT2D eigenvalue weighted by Crippen LogP contribution is 2.29. The van der Waals surface area contributed by atoms with Gasteiger partial charge in [-0.3, -0.25) is 0 Å². The molecule has 10 atom stereocenters. The van der Waals surface area contributed by atoms with Crippen LogP contribution in [0.25, 0.3) is 0 Å². The molecule has 0 aliphatic carbocycles. The fourth-order valence-electron chi connectivity index (χ4n) is 3.03. The first-order valence-electron chi connectivity index (χ1n) is 7.78. The van der Waals surface area contributed by atoms with E-state index in [1.165, 1.54) is 7.11 Å². The van der Waals surface area contributed by atoms with Crippen LogP contribution in [0.2, 0.25) is 0 Å². The largest absolute Gasteiger partial charge is 0.394 e. The SMILES string of the molecule is CO[C@@H]1C(O)[C@H](O[C@@H]2C(O)[C@H](C)OC(CO)[C@H]2O)OC(CO)[C@H]1O. The van der Waals surface area contributed by atoms with Crippen LogP contribution in [-0.2, 0) is 18.9 Å². The number of ether oxygens (including phenoxy) is 4. The van der Waals surface area contributed by atoms with Crippen LogP contribution in [0.5, 0.6) is 0 Å². The Hall–Kier alpha value is -0.400. The summed E-state index contributed by atoms with van der Waals surface area (Å²) < 4.78 is 21.1. The maximum Gasteiger partial charge on any atom is 0.187 e. The second kappa shape index (κ2) is 8.32. The molecule has 10 heteroatoms. The predicted octanol–water partition coefficient (Wildman–Crippen LogP) is -3.67. The summed E-state index contributed by atoms with van der Waals surface area (Å²) in [5, 5.41) is 59.1. The quantitative estimate of drug-likeness (QED) is 0.290. The summed E-state index contributed by atoms with van der Waals surface area (Å²) >= 11 is 0. The zero-order valence-corrected chi connectivity index (χ0v) is 13.5. The summed E-state index contributed by atoms with van der Waals surface area (Å²) in [6.45, 7) is 0.527. The maximum absolute atomic E-state index is 10.2. The van der Waals surface area contributed by atoms with Gasteiger partial charge in [0.1, 0.15) is 48.8 Å². The topological polar surface area (TPSA) is 158 Å². The molecule has 2 aliphatic heterocycles. The summed E-state index contributed by atoms with van der Waals surface area (Å²) in [6.07, 6.45) is -11.7. The van der Waals surface area contributed by atoms with Crippen molar-refractivity contribution in [3.05, 3.63) is 0 Å². The van der Waals surface area contributed by atoms with Crippen LogP contribution in [0, 0.1) is 0 Å². The molecule has 0 bridgehead atoms. The van der Waals surface area contributed by atoms with Crippen LogP contribution in [0.15, 0.2) is 0 Å². The molecule has 2 heterocycles. The minimum Gasteiger partial charge on any atom is -0.394 e. The Labute approximate surface area is 139 Å². The van der Waals surface area contributed by atoms with Crippen molar-refractivity contribution in [1.82, 2.24) is 0 Å². The Morgan fingerprint density at radius 3 is 1.88 bits per heavy atom. The third kappa shape index (κ3) is 3.73. The number of rotatable bonds is 5. The first-order valence-corrected chi connectivity index (χ1v) is 7.78. The highest BCUT2D eigenvalue weighted by atomic mass is 16.7. The van der Waals surface area contributed by atoms with E-state index in [2.05, 4.69) is 0 Å². The normalized spacial score (nSPS) is 50.0. The number of aliphatic hydroxyl groups is 6. The average Bonchev–Trinajstić information content (AvgIpc) is 2.57. The molecule has 142 valence electrons. The highest BCUT2D eigenvalue weighted by molar-refractivity contribution is 4.95. The summed E-state index contributed by atoms with van der Waals surface area (Å²) in [6, 6.07) is 0. The van der Waals surface area contributed by atoms with Gasteiger partial charge in [-0.2, -0.15) is 0 Å². The maximum atomic E-state index is 10.2. The lowest BCUT2D eigenvalue weighted by atomic mass is 9.95. The molecule has 0 aromatic heterocycles. The Bertz CT molecular complexity index is 396. The zero-order chi connectivity index (χ0) is 18.0. The number of methoxy groups -OCH3 is 1. The number of hydrogen-bond acceptors (Lipinski definition) is 10. The van der Waals surface area contributed by atoms with Gasteiger partial charge >= 0.3 is 0 Å². The van der Waals surface area contributed by atoms with Crippen molar-refractivity contribution in [3.8, 4) is 0 Å². The Morgan fingerprint density at radius 1 is 0.792 bits per heavy atom. The van der Waals surface area contributed by atoms with Gasteiger partial charge in [0, 0.05) is 7.11 Å². The smallest absolute Gasteiger partial charge is 0.187 e. The van der Waals surface area contributed by atoms with Gasteiger partial charge in [0.2, 0.25) is 0 Å². The third-order valence-corrected chi connectivity index (χ3v) is 4.49. The van der Waals surface area contributed by atoms with Gasteiger partial charge in [0.25, 0.3) is 0 Å². The van der Waals surface area contributed by atoms with Crippen LogP contribution in [0.1, 0.15) is 6.92 Å². The molecule has 2 rings (SSSR count). The molecule has 0 aromatic rings. The molecule has 10 nitrogen and oxygen atoms in total. The molecule has 0 aromatic carbocycles. The molecule has 2 fully saturated rings. The van der Waals surface area contributed by atoms with Crippen molar-refractivity contribution in [2.45, 2.75) is 68.1 Å². The zero-order valence-electron chi connectivity index (χ0n) is 13.5. The summed E-state index contributed by atoms with van der Waals surface area (Å²) in [5.41, 5.74) is 0. The standard InChI is InChI=1S/C14H26O10/c1-5-8(17)13(10(19)6(3-15)22-5)24-14-11(20)12(21-2)9(18)7(4-16)23-14/h5-20H,3-4H2,1-2H3/t5-,6?,7?,8?,9+,10+,11?,12-,13+,14-/m0/s1. The van der Waals surface area contributed by atoms with Crippen molar-refractivity contribution in [2.24, 2.45) is 0 Å². The summed E-state index contributed by atoms with van der Waals surface area (Å²) in [4.78, 5) is 0. The van der Waals surface area contributed by atoms with Gasteiger partial charge in [0.15, 0.2) is 6.29 Å². The third-order valence-electron chi connectivity index (χ3n) is 4.49. The molecule has 0 radical (unpaired) electrons. The van der Waals surface area contributed by atoms with E-state index in [-0.39, 0.29) is 0 Å². The van der Waals surface area contributed by atoms with E-state index in [4.69, 9.17) is 18.9 Å². The number of hydrogen-bond donors (Lipinski definition) is 6. The lowest BCUT2D eigenvalue weighted by Crippen LogP contribution is -2.64. The highest BCUT2D eigenvalue weighted by Gasteiger charge is 2.50. The minimum atomic E-state index is -1.42. The lowest BCUT2D eigenvalue weighted by molar-refractivity contribution is -0.342. The van der Waals surface area contributed by atoms with Gasteiger partial charge in [-0.05, 0) is 6.92 Å². The minimum absolute atomic E-state index is 0.481. The van der Waals surface area contributed by atoms with Crippen molar-refractivity contribution >= 4 is 0 Å². The molecule has 2 saturated heterocycles. The van der Waals surface area contributed by atoms with E-state index in [0.717, 1.165) is 0 Å². The van der Waals surface area contributed by atoms with Crippen molar-refractivity contribution in [2.75, 3.05) is 20.3 Å². The van der Waals surface area contributed by atoms with E-state index in [0.29, 0.717) is 0 Å². The molecule has 0 amide bonds. The van der Waals surface area contributed by atoms with Crippen LogP contribution in [-0.4, -0.2) is 112 Å². The summed E-state index contributed by atoms with van der Waals surface area (Å²) in [7, 11) is 1.27. The van der Waals surface area contributed by atoms with E-state index < -0.39 is 74.4 Å². The van der Waals surface area contributed by atoms with Gasteiger partial charge < -0.3 is 49.6 Å². The van der Waals surface area contributed by atoms with Gasteiger partial charge in [-0.15, -0.1) is 0 Å². The second-order valence-electron chi connectivity index (χ2n) is 6.05. The van der Waals surface area contributed by atoms with E-state index >= 15 is 0 Å². The Morgan fingerprint density at radius 2 is 1.33 bits per heavy atom. The average molecular weight is 354 g/mol. The monoisotopic (exact) mass is 354 g/mol. The lowest BCUT2D eigenvalue weighted by Gasteiger charge is -2.46. The van der Waals surface area contributed by atoms with Crippen LogP contribution in [0.4, 0.5) is 0 Å². The van der Waals surface area contributed by atoms with E-state index in [1.54, 1.807) is 6.92 Å². The molecular formula is C14H26O10. The van der Waals surface area contributed by atoms with E-state index in [9.17, 15) is 30.6 Å². The first-order chi connectivity index (χ1) is 11.3. The molecule has 6 N–H and O–H groups in total. The predicted molar refractivity (Wildman–Crippen MR) is 76.9 cm³/mol. The van der Waals surface area contributed by atoms with E-state index in [1.807, 2.05) is 0 Å².